The highest BCUT2D eigenvalue weighted by molar-refractivity contribution is 5.91. The van der Waals surface area contributed by atoms with Crippen molar-refractivity contribution in [3.63, 3.8) is 0 Å². The Kier molecular flexibility index (Phi) is 3.69. The van der Waals surface area contributed by atoms with Crippen LogP contribution in [0.4, 0.5) is 18.9 Å². The van der Waals surface area contributed by atoms with Gasteiger partial charge >= 0.3 is 12.1 Å². The standard InChI is InChI=1S/C12H12F3NO2/c1-6(2)3-8-9(11(17)18)4-7(5-10(8)16)12(13,14)15/h4-5H,1,3,16H2,2H3,(H,17,18). The molecule has 1 aromatic carbocycles. The number of rotatable bonds is 3. The van der Waals surface area contributed by atoms with Crippen LogP contribution in [0.2, 0.25) is 0 Å². The molecule has 0 radical (unpaired) electrons. The molecule has 6 heteroatoms. The molecule has 0 aliphatic heterocycles. The number of nitrogen functional groups attached to an aromatic ring is 1. The van der Waals surface area contributed by atoms with Crippen molar-refractivity contribution >= 4 is 11.7 Å². The molecule has 0 saturated heterocycles. The molecule has 1 rings (SSSR count). The van der Waals surface area contributed by atoms with Crippen LogP contribution in [0.25, 0.3) is 0 Å². The topological polar surface area (TPSA) is 63.3 Å². The molecule has 0 aliphatic carbocycles. The van der Waals surface area contributed by atoms with Gasteiger partial charge in [-0.25, -0.2) is 4.79 Å². The Labute approximate surface area is 102 Å². The van der Waals surface area contributed by atoms with Gasteiger partial charge in [-0.05, 0) is 31.0 Å². The van der Waals surface area contributed by atoms with Gasteiger partial charge in [0.1, 0.15) is 0 Å². The van der Waals surface area contributed by atoms with Crippen LogP contribution in [0.5, 0.6) is 0 Å². The number of hydrogen-bond donors (Lipinski definition) is 2. The van der Waals surface area contributed by atoms with E-state index in [1.54, 1.807) is 6.92 Å². The Balaban J connectivity index is 3.45. The molecule has 3 nitrogen and oxygen atoms in total. The van der Waals surface area contributed by atoms with Crippen LogP contribution in [-0.4, -0.2) is 11.1 Å². The third kappa shape index (κ3) is 3.03. The van der Waals surface area contributed by atoms with Crippen molar-refractivity contribution in [1.29, 1.82) is 0 Å². The maximum atomic E-state index is 12.5. The lowest BCUT2D eigenvalue weighted by Gasteiger charge is -2.14. The Bertz CT molecular complexity index is 507. The van der Waals surface area contributed by atoms with E-state index >= 15 is 0 Å². The summed E-state index contributed by atoms with van der Waals surface area (Å²) in [5, 5.41) is 8.94. The summed E-state index contributed by atoms with van der Waals surface area (Å²) in [6.07, 6.45) is -4.49. The summed E-state index contributed by atoms with van der Waals surface area (Å²) in [6.45, 7) is 5.23. The Morgan fingerprint density at radius 2 is 2.00 bits per heavy atom. The highest BCUT2D eigenvalue weighted by Gasteiger charge is 2.32. The molecule has 18 heavy (non-hydrogen) atoms. The van der Waals surface area contributed by atoms with Gasteiger partial charge in [0.15, 0.2) is 0 Å². The zero-order valence-corrected chi connectivity index (χ0v) is 9.64. The monoisotopic (exact) mass is 259 g/mol. The van der Waals surface area contributed by atoms with Crippen molar-refractivity contribution < 1.29 is 23.1 Å². The van der Waals surface area contributed by atoms with Crippen LogP contribution in [0.1, 0.15) is 28.4 Å². The SMILES string of the molecule is C=C(C)Cc1c(N)cc(C(F)(F)F)cc1C(=O)O. The first-order valence-corrected chi connectivity index (χ1v) is 5.00. The van der Waals surface area contributed by atoms with E-state index in [4.69, 9.17) is 10.8 Å². The zero-order valence-electron chi connectivity index (χ0n) is 9.64. The van der Waals surface area contributed by atoms with Crippen LogP contribution in [-0.2, 0) is 12.6 Å². The van der Waals surface area contributed by atoms with Crippen LogP contribution < -0.4 is 5.73 Å². The van der Waals surface area contributed by atoms with Crippen LogP contribution in [0, 0.1) is 0 Å². The Morgan fingerprint density at radius 1 is 1.44 bits per heavy atom. The number of alkyl halides is 3. The molecule has 0 heterocycles. The molecule has 0 unspecified atom stereocenters. The number of benzene rings is 1. The van der Waals surface area contributed by atoms with Gasteiger partial charge in [-0.3, -0.25) is 0 Å². The fraction of sp³-hybridized carbons (Fsp3) is 0.250. The van der Waals surface area contributed by atoms with E-state index in [2.05, 4.69) is 6.58 Å². The molecule has 0 fully saturated rings. The van der Waals surface area contributed by atoms with E-state index in [0.29, 0.717) is 11.6 Å². The van der Waals surface area contributed by atoms with E-state index in [1.807, 2.05) is 0 Å². The van der Waals surface area contributed by atoms with Gasteiger partial charge in [0.25, 0.3) is 0 Å². The van der Waals surface area contributed by atoms with Crippen molar-refractivity contribution in [3.8, 4) is 0 Å². The minimum absolute atomic E-state index is 0.131. The number of carboxylic acid groups (broad SMARTS) is 1. The van der Waals surface area contributed by atoms with Crippen LogP contribution in [0.15, 0.2) is 24.3 Å². The minimum atomic E-state index is -4.62. The molecule has 1 aromatic rings. The highest BCUT2D eigenvalue weighted by Crippen LogP contribution is 2.33. The second-order valence-electron chi connectivity index (χ2n) is 4.03. The number of carboxylic acids is 1. The Morgan fingerprint density at radius 3 is 2.39 bits per heavy atom. The quantitative estimate of drug-likeness (QED) is 0.647. The first-order chi connectivity index (χ1) is 8.12. The van der Waals surface area contributed by atoms with E-state index in [0.717, 1.165) is 6.07 Å². The second-order valence-corrected chi connectivity index (χ2v) is 4.03. The first-order valence-electron chi connectivity index (χ1n) is 5.00. The molecule has 0 saturated carbocycles. The summed E-state index contributed by atoms with van der Waals surface area (Å²) in [5.41, 5.74) is 4.57. The lowest BCUT2D eigenvalue weighted by Crippen LogP contribution is -2.12. The van der Waals surface area contributed by atoms with Crippen molar-refractivity contribution in [2.45, 2.75) is 19.5 Å². The molecular weight excluding hydrogens is 247 g/mol. The first kappa shape index (κ1) is 14.1. The average Bonchev–Trinajstić information content (AvgIpc) is 2.17. The maximum Gasteiger partial charge on any atom is 0.416 e. The third-order valence-corrected chi connectivity index (χ3v) is 2.32. The summed E-state index contributed by atoms with van der Waals surface area (Å²) in [5.74, 6) is -1.44. The van der Waals surface area contributed by atoms with Gasteiger partial charge in [-0.15, -0.1) is 0 Å². The van der Waals surface area contributed by atoms with Gasteiger partial charge < -0.3 is 10.8 Å². The third-order valence-electron chi connectivity index (χ3n) is 2.32. The summed E-state index contributed by atoms with van der Waals surface area (Å²) >= 11 is 0. The average molecular weight is 259 g/mol. The summed E-state index contributed by atoms with van der Waals surface area (Å²) in [6, 6.07) is 1.34. The second kappa shape index (κ2) is 4.72. The summed E-state index contributed by atoms with van der Waals surface area (Å²) in [7, 11) is 0. The van der Waals surface area contributed by atoms with E-state index < -0.39 is 23.3 Å². The largest absolute Gasteiger partial charge is 0.478 e. The van der Waals surface area contributed by atoms with E-state index in [-0.39, 0.29) is 17.7 Å². The highest BCUT2D eigenvalue weighted by atomic mass is 19.4. The van der Waals surface area contributed by atoms with Gasteiger partial charge in [0.05, 0.1) is 11.1 Å². The minimum Gasteiger partial charge on any atom is -0.478 e. The van der Waals surface area contributed by atoms with Crippen LogP contribution in [0.3, 0.4) is 0 Å². The number of nitrogens with two attached hydrogens (primary N) is 1. The molecule has 0 aliphatic rings. The normalized spacial score (nSPS) is 11.3. The fourth-order valence-corrected chi connectivity index (χ4v) is 1.55. The van der Waals surface area contributed by atoms with Gasteiger partial charge in [0, 0.05) is 5.69 Å². The predicted molar refractivity (Wildman–Crippen MR) is 61.3 cm³/mol. The number of carbonyl (C=O) groups is 1. The molecule has 0 aromatic heterocycles. The summed E-state index contributed by atoms with van der Waals surface area (Å²) < 4.78 is 37.6. The fourth-order valence-electron chi connectivity index (χ4n) is 1.55. The van der Waals surface area contributed by atoms with Gasteiger partial charge in [-0.1, -0.05) is 12.2 Å². The smallest absolute Gasteiger partial charge is 0.416 e. The lowest BCUT2D eigenvalue weighted by molar-refractivity contribution is -0.137. The molecule has 0 bridgehead atoms. The van der Waals surface area contributed by atoms with E-state index in [9.17, 15) is 18.0 Å². The Hall–Kier alpha value is -1.98. The van der Waals surface area contributed by atoms with Crippen molar-refractivity contribution in [2.75, 3.05) is 5.73 Å². The number of allylic oxidation sites excluding steroid dienone is 1. The van der Waals surface area contributed by atoms with Gasteiger partial charge in [-0.2, -0.15) is 13.2 Å². The lowest BCUT2D eigenvalue weighted by atomic mass is 9.96. The number of halogens is 3. The number of hydrogen-bond acceptors (Lipinski definition) is 2. The van der Waals surface area contributed by atoms with Crippen molar-refractivity contribution in [1.82, 2.24) is 0 Å². The number of aromatic carboxylic acids is 1. The molecule has 0 amide bonds. The molecule has 98 valence electrons. The van der Waals surface area contributed by atoms with Crippen molar-refractivity contribution in [3.05, 3.63) is 41.0 Å². The molecule has 3 N–H and O–H groups in total. The zero-order chi connectivity index (χ0) is 14.1. The summed E-state index contributed by atoms with van der Waals surface area (Å²) in [4.78, 5) is 11.0. The van der Waals surface area contributed by atoms with E-state index in [1.165, 1.54) is 0 Å². The molecular formula is C12H12F3NO2. The number of anilines is 1. The molecule has 0 atom stereocenters. The predicted octanol–water partition coefficient (Wildman–Crippen LogP) is 3.10. The van der Waals surface area contributed by atoms with Crippen LogP contribution >= 0.6 is 0 Å². The maximum absolute atomic E-state index is 12.5. The van der Waals surface area contributed by atoms with Gasteiger partial charge in [0.2, 0.25) is 0 Å². The van der Waals surface area contributed by atoms with Crippen molar-refractivity contribution in [2.24, 2.45) is 0 Å². The molecule has 0 spiro atoms.